The third-order valence-corrected chi connectivity index (χ3v) is 9.03. The van der Waals surface area contributed by atoms with E-state index in [0.717, 1.165) is 40.7 Å². The van der Waals surface area contributed by atoms with Crippen molar-refractivity contribution in [3.05, 3.63) is 81.8 Å². The molecule has 0 saturated carbocycles. The highest BCUT2D eigenvalue weighted by atomic mass is 35.5. The first kappa shape index (κ1) is 36.0. The van der Waals surface area contributed by atoms with Gasteiger partial charge in [0.15, 0.2) is 0 Å². The third-order valence-electron chi connectivity index (χ3n) is 8.13. The first-order chi connectivity index (χ1) is 20.6. The summed E-state index contributed by atoms with van der Waals surface area (Å²) in [5.74, 6) is 0.195. The number of anilines is 2. The number of halogens is 2. The molecule has 0 radical (unpaired) electrons. The molecular formula is C33H41Cl2N5O4S. The predicted octanol–water partition coefficient (Wildman–Crippen LogP) is 5.94. The second kappa shape index (κ2) is 15.2. The number of nitrogens with zero attached hydrogens (tertiary/aromatic N) is 5. The number of thiophene rings is 1. The number of pyridine rings is 2. The van der Waals surface area contributed by atoms with Crippen molar-refractivity contribution in [2.24, 2.45) is 5.41 Å². The van der Waals surface area contributed by atoms with Gasteiger partial charge in [0.05, 0.1) is 22.7 Å². The van der Waals surface area contributed by atoms with Crippen LogP contribution in [-0.2, 0) is 22.7 Å². The van der Waals surface area contributed by atoms with Crippen LogP contribution >= 0.6 is 36.2 Å². The predicted molar refractivity (Wildman–Crippen MR) is 187 cm³/mol. The fourth-order valence-electron chi connectivity index (χ4n) is 5.66. The second-order valence-electron chi connectivity index (χ2n) is 11.5. The quantitative estimate of drug-likeness (QED) is 0.145. The standard InChI is InChI=1S/C33H39N5O4S.2ClH/c1-6-38-27-9-8-25(20-28(27)35(5)31(40)33(3,4)32(38)41)42-18-7-15-36(22-24-10-13-34-14-11-24)16-17-37-21-23(2)26-12-19-43-29(26)30(37)39;;/h8-14,19-21H,6-7,15-18,22H2,1-5H3;2*1H. The molecule has 2 amide bonds. The Labute approximate surface area is 280 Å². The number of hydrogen-bond acceptors (Lipinski definition) is 7. The van der Waals surface area contributed by atoms with Crippen LogP contribution in [-0.4, -0.2) is 59.6 Å². The summed E-state index contributed by atoms with van der Waals surface area (Å²) in [6.45, 7) is 11.1. The molecule has 0 saturated heterocycles. The molecule has 1 aliphatic heterocycles. The molecule has 4 heterocycles. The smallest absolute Gasteiger partial charge is 0.268 e. The zero-order chi connectivity index (χ0) is 30.7. The van der Waals surface area contributed by atoms with E-state index in [1.807, 2.05) is 66.4 Å². The van der Waals surface area contributed by atoms with Gasteiger partial charge in [-0.1, -0.05) is 0 Å². The number of ether oxygens (including phenoxy) is 1. The van der Waals surface area contributed by atoms with Crippen LogP contribution in [0.4, 0.5) is 11.4 Å². The Morgan fingerprint density at radius 2 is 1.71 bits per heavy atom. The van der Waals surface area contributed by atoms with Crippen LogP contribution < -0.4 is 20.1 Å². The van der Waals surface area contributed by atoms with Crippen molar-refractivity contribution in [1.82, 2.24) is 14.5 Å². The molecule has 3 aromatic heterocycles. The topological polar surface area (TPSA) is 88.0 Å². The van der Waals surface area contributed by atoms with Crippen LogP contribution in [0.25, 0.3) is 10.1 Å². The van der Waals surface area contributed by atoms with Gasteiger partial charge in [0.25, 0.3) is 5.56 Å². The summed E-state index contributed by atoms with van der Waals surface area (Å²) in [7, 11) is 1.71. The molecule has 0 aliphatic carbocycles. The lowest BCUT2D eigenvalue weighted by molar-refractivity contribution is -0.137. The van der Waals surface area contributed by atoms with Crippen molar-refractivity contribution in [3.63, 3.8) is 0 Å². The van der Waals surface area contributed by atoms with Crippen LogP contribution in [0.15, 0.2) is 65.2 Å². The number of aryl methyl sites for hydroxylation is 1. The first-order valence-corrected chi connectivity index (χ1v) is 15.5. The van der Waals surface area contributed by atoms with E-state index in [-0.39, 0.29) is 42.2 Å². The highest BCUT2D eigenvalue weighted by Crippen LogP contribution is 2.40. The van der Waals surface area contributed by atoms with Crippen LogP contribution in [0, 0.1) is 12.3 Å². The second-order valence-corrected chi connectivity index (χ2v) is 12.4. The van der Waals surface area contributed by atoms with Crippen molar-refractivity contribution >= 4 is 69.4 Å². The van der Waals surface area contributed by atoms with E-state index >= 15 is 0 Å². The van der Waals surface area contributed by atoms with Crippen molar-refractivity contribution < 1.29 is 14.3 Å². The van der Waals surface area contributed by atoms with Crippen molar-refractivity contribution in [1.29, 1.82) is 0 Å². The van der Waals surface area contributed by atoms with E-state index in [9.17, 15) is 14.4 Å². The minimum Gasteiger partial charge on any atom is -0.493 e. The maximum atomic E-state index is 13.2. The van der Waals surface area contributed by atoms with Gasteiger partial charge in [0.1, 0.15) is 11.2 Å². The molecule has 9 nitrogen and oxygen atoms in total. The number of carbonyl (C=O) groups excluding carboxylic acids is 2. The van der Waals surface area contributed by atoms with Gasteiger partial charge in [0.2, 0.25) is 11.8 Å². The number of fused-ring (bicyclic) bond motifs is 2. The molecular weight excluding hydrogens is 633 g/mol. The average Bonchev–Trinajstić information content (AvgIpc) is 3.50. The normalized spacial score (nSPS) is 14.2. The lowest BCUT2D eigenvalue weighted by Gasteiger charge is -2.27. The number of amides is 2. The van der Waals surface area contributed by atoms with E-state index in [1.54, 1.807) is 43.1 Å². The van der Waals surface area contributed by atoms with Gasteiger partial charge >= 0.3 is 0 Å². The fourth-order valence-corrected chi connectivity index (χ4v) is 6.57. The molecule has 5 rings (SSSR count). The summed E-state index contributed by atoms with van der Waals surface area (Å²) in [6, 6.07) is 11.6. The van der Waals surface area contributed by atoms with E-state index in [4.69, 9.17) is 4.74 Å². The molecule has 0 bridgehead atoms. The van der Waals surface area contributed by atoms with Gasteiger partial charge in [-0.3, -0.25) is 24.3 Å². The maximum absolute atomic E-state index is 13.2. The SMILES string of the molecule is CCN1C(=O)C(C)(C)C(=O)N(C)c2cc(OCCCN(CCn3cc(C)c4ccsc4c3=O)Cc3ccncc3)ccc21.Cl.Cl. The van der Waals surface area contributed by atoms with Crippen molar-refractivity contribution in [2.45, 2.75) is 47.2 Å². The molecule has 0 N–H and O–H groups in total. The molecule has 0 fully saturated rings. The number of carbonyl (C=O) groups is 2. The lowest BCUT2D eigenvalue weighted by Crippen LogP contribution is -2.47. The monoisotopic (exact) mass is 673 g/mol. The van der Waals surface area contributed by atoms with E-state index in [2.05, 4.69) is 9.88 Å². The molecule has 242 valence electrons. The van der Waals surface area contributed by atoms with Crippen LogP contribution in [0.1, 0.15) is 38.3 Å². The summed E-state index contributed by atoms with van der Waals surface area (Å²) in [4.78, 5) is 49.1. The Kier molecular flexibility index (Phi) is 12.2. The highest BCUT2D eigenvalue weighted by molar-refractivity contribution is 7.17. The van der Waals surface area contributed by atoms with E-state index < -0.39 is 5.41 Å². The Hall–Kier alpha value is -3.44. The van der Waals surface area contributed by atoms with Crippen LogP contribution in [0.5, 0.6) is 5.75 Å². The summed E-state index contributed by atoms with van der Waals surface area (Å²) < 4.78 is 8.78. The molecule has 1 aromatic carbocycles. The number of rotatable bonds is 11. The summed E-state index contributed by atoms with van der Waals surface area (Å²) in [5, 5.41) is 3.00. The van der Waals surface area contributed by atoms with Crippen molar-refractivity contribution in [2.75, 3.05) is 43.1 Å². The molecule has 45 heavy (non-hydrogen) atoms. The number of benzene rings is 1. The van der Waals surface area contributed by atoms with Crippen LogP contribution in [0.3, 0.4) is 0 Å². The minimum absolute atomic E-state index is 0. The number of hydrogen-bond donors (Lipinski definition) is 0. The van der Waals surface area contributed by atoms with Gasteiger partial charge in [-0.25, -0.2) is 0 Å². The molecule has 4 aromatic rings. The Bertz CT molecular complexity index is 1690. The number of aromatic nitrogens is 2. The summed E-state index contributed by atoms with van der Waals surface area (Å²) in [5.41, 5.74) is 2.53. The average molecular weight is 675 g/mol. The summed E-state index contributed by atoms with van der Waals surface area (Å²) >= 11 is 1.49. The Morgan fingerprint density at radius 3 is 2.42 bits per heavy atom. The molecule has 12 heteroatoms. The van der Waals surface area contributed by atoms with E-state index in [1.165, 1.54) is 11.3 Å². The zero-order valence-corrected chi connectivity index (χ0v) is 28.8. The first-order valence-electron chi connectivity index (χ1n) is 14.7. The summed E-state index contributed by atoms with van der Waals surface area (Å²) in [6.07, 6.45) is 6.31. The van der Waals surface area contributed by atoms with E-state index in [0.29, 0.717) is 43.4 Å². The zero-order valence-electron chi connectivity index (χ0n) is 26.3. The largest absolute Gasteiger partial charge is 0.493 e. The molecule has 0 unspecified atom stereocenters. The maximum Gasteiger partial charge on any atom is 0.268 e. The fraction of sp³-hybridized carbons (Fsp3) is 0.394. The Morgan fingerprint density at radius 1 is 0.978 bits per heavy atom. The van der Waals surface area contributed by atoms with Gasteiger partial charge in [-0.15, -0.1) is 36.2 Å². The van der Waals surface area contributed by atoms with Gasteiger partial charge in [-0.05, 0) is 81.0 Å². The Balaban J connectivity index is 0.00000276. The lowest BCUT2D eigenvalue weighted by atomic mass is 9.90. The van der Waals surface area contributed by atoms with Gasteiger partial charge < -0.3 is 19.1 Å². The molecule has 0 spiro atoms. The minimum atomic E-state index is -1.15. The van der Waals surface area contributed by atoms with Gasteiger partial charge in [-0.2, -0.15) is 0 Å². The molecule has 1 aliphatic rings. The van der Waals surface area contributed by atoms with Crippen molar-refractivity contribution in [3.8, 4) is 5.75 Å². The van der Waals surface area contributed by atoms with Crippen LogP contribution in [0.2, 0.25) is 0 Å². The van der Waals surface area contributed by atoms with Gasteiger partial charge in [0, 0.05) is 69.8 Å². The third kappa shape index (κ3) is 7.52. The molecule has 0 atom stereocenters. The highest BCUT2D eigenvalue weighted by Gasteiger charge is 2.45.